The third-order valence-corrected chi connectivity index (χ3v) is 7.75. The van der Waals surface area contributed by atoms with Crippen LogP contribution in [-0.2, 0) is 43.5 Å². The van der Waals surface area contributed by atoms with E-state index in [1.54, 1.807) is 6.08 Å². The molecule has 3 rings (SSSR count). The number of carbonyl (C=O) groups is 3. The maximum absolute atomic E-state index is 13.4. The molecule has 0 aromatic heterocycles. The molecular weight excluding hydrogens is 620 g/mol. The fourth-order valence-corrected chi connectivity index (χ4v) is 5.07. The summed E-state index contributed by atoms with van der Waals surface area (Å²) in [5.41, 5.74) is 2.96. The third kappa shape index (κ3) is 15.8. The van der Waals surface area contributed by atoms with Crippen LogP contribution in [0.4, 0.5) is 0 Å². The van der Waals surface area contributed by atoms with Gasteiger partial charge in [-0.2, -0.15) is 0 Å². The molecule has 2 amide bonds. The molecule has 3 aromatic rings. The smallest absolute Gasteiger partial charge is 0.305 e. The van der Waals surface area contributed by atoms with E-state index in [9.17, 15) is 19.5 Å². The number of rotatable bonds is 24. The zero-order chi connectivity index (χ0) is 35.1. The van der Waals surface area contributed by atoms with Gasteiger partial charge in [0.2, 0.25) is 11.8 Å². The maximum Gasteiger partial charge on any atom is 0.305 e. The van der Waals surface area contributed by atoms with Crippen LogP contribution >= 0.6 is 0 Å². The summed E-state index contributed by atoms with van der Waals surface area (Å²) in [6.07, 6.45) is 6.59. The fraction of sp³-hybridized carbons (Fsp3) is 0.375. The van der Waals surface area contributed by atoms with Crippen molar-refractivity contribution in [2.24, 2.45) is 5.92 Å². The number of esters is 1. The molecule has 0 spiro atoms. The molecule has 0 aliphatic carbocycles. The van der Waals surface area contributed by atoms with Gasteiger partial charge in [-0.05, 0) is 60.9 Å². The Bertz CT molecular complexity index is 1410. The Labute approximate surface area is 290 Å². The average molecular weight is 671 g/mol. The largest absolute Gasteiger partial charge is 0.489 e. The maximum atomic E-state index is 13.4. The van der Waals surface area contributed by atoms with Crippen LogP contribution in [0.15, 0.2) is 110 Å². The zero-order valence-corrected chi connectivity index (χ0v) is 28.3. The Hall–Kier alpha value is -4.73. The van der Waals surface area contributed by atoms with Gasteiger partial charge in [0.1, 0.15) is 19.0 Å². The minimum Gasteiger partial charge on any atom is -0.489 e. The minimum atomic E-state index is -0.718. The van der Waals surface area contributed by atoms with Crippen LogP contribution in [0.25, 0.3) is 0 Å². The molecule has 0 saturated heterocycles. The second kappa shape index (κ2) is 22.8. The van der Waals surface area contributed by atoms with Crippen molar-refractivity contribution >= 4 is 17.8 Å². The van der Waals surface area contributed by atoms with Crippen LogP contribution in [0.1, 0.15) is 55.2 Å². The predicted octanol–water partition coefficient (Wildman–Crippen LogP) is 5.86. The van der Waals surface area contributed by atoms with E-state index in [0.29, 0.717) is 26.1 Å². The van der Waals surface area contributed by atoms with E-state index in [-0.39, 0.29) is 56.9 Å². The van der Waals surface area contributed by atoms with Gasteiger partial charge in [0.25, 0.3) is 0 Å². The van der Waals surface area contributed by atoms with Crippen LogP contribution < -0.4 is 15.4 Å². The topological polar surface area (TPSA) is 123 Å². The van der Waals surface area contributed by atoms with Crippen molar-refractivity contribution in [3.8, 4) is 5.75 Å². The summed E-state index contributed by atoms with van der Waals surface area (Å²) < 4.78 is 17.2. The molecule has 3 N–H and O–H groups in total. The average Bonchev–Trinajstić information content (AvgIpc) is 3.12. The number of hydrogen-bond acceptors (Lipinski definition) is 7. The molecule has 0 radical (unpaired) electrons. The summed E-state index contributed by atoms with van der Waals surface area (Å²) in [4.78, 5) is 38.8. The van der Waals surface area contributed by atoms with Crippen LogP contribution in [0.2, 0.25) is 0 Å². The number of amides is 2. The van der Waals surface area contributed by atoms with Gasteiger partial charge in [0, 0.05) is 12.8 Å². The summed E-state index contributed by atoms with van der Waals surface area (Å²) in [7, 11) is 0. The van der Waals surface area contributed by atoms with Crippen molar-refractivity contribution in [3.05, 3.63) is 127 Å². The highest BCUT2D eigenvalue weighted by Gasteiger charge is 2.25. The molecule has 262 valence electrons. The normalized spacial score (nSPS) is 12.6. The summed E-state index contributed by atoms with van der Waals surface area (Å²) in [6.45, 7) is 8.02. The lowest BCUT2D eigenvalue weighted by Gasteiger charge is -2.23. The molecule has 49 heavy (non-hydrogen) atoms. The molecule has 0 fully saturated rings. The van der Waals surface area contributed by atoms with E-state index < -0.39 is 18.0 Å². The molecule has 0 bridgehead atoms. The van der Waals surface area contributed by atoms with Crippen LogP contribution in [0.3, 0.4) is 0 Å². The zero-order valence-electron chi connectivity index (χ0n) is 28.3. The number of allylic oxidation sites excluding steroid dienone is 2. The van der Waals surface area contributed by atoms with E-state index in [4.69, 9.17) is 14.2 Å². The lowest BCUT2D eigenvalue weighted by Crippen LogP contribution is -2.46. The first-order chi connectivity index (χ1) is 23.9. The van der Waals surface area contributed by atoms with Gasteiger partial charge < -0.3 is 30.0 Å². The third-order valence-electron chi connectivity index (χ3n) is 7.75. The predicted molar refractivity (Wildman–Crippen MR) is 191 cm³/mol. The SMILES string of the molecule is C=CCCCCC(=O)OC[C@H](COCc1ccccc1)NC(=O)[C@H](CC=C)CC(=O)N[C@H](CO)Cc1ccc(OCc2ccccc2)cc1. The molecule has 0 heterocycles. The van der Waals surface area contributed by atoms with Crippen molar-refractivity contribution in [1.29, 1.82) is 0 Å². The lowest BCUT2D eigenvalue weighted by atomic mass is 9.98. The molecule has 0 saturated carbocycles. The molecule has 3 aromatic carbocycles. The van der Waals surface area contributed by atoms with Crippen LogP contribution in [0, 0.1) is 5.92 Å². The Kier molecular flexibility index (Phi) is 18.0. The van der Waals surface area contributed by atoms with Crippen molar-refractivity contribution in [1.82, 2.24) is 10.6 Å². The monoisotopic (exact) mass is 670 g/mol. The number of carbonyl (C=O) groups excluding carboxylic acids is 3. The van der Waals surface area contributed by atoms with Gasteiger partial charge in [0.05, 0.1) is 37.8 Å². The number of hydrogen-bond donors (Lipinski definition) is 3. The Morgan fingerprint density at radius 2 is 1.43 bits per heavy atom. The summed E-state index contributed by atoms with van der Waals surface area (Å²) in [6, 6.07) is 25.9. The molecule has 0 aliphatic heterocycles. The Balaban J connectivity index is 1.53. The van der Waals surface area contributed by atoms with Gasteiger partial charge in [-0.25, -0.2) is 0 Å². The Morgan fingerprint density at radius 1 is 0.755 bits per heavy atom. The fourth-order valence-electron chi connectivity index (χ4n) is 5.07. The number of unbranched alkanes of at least 4 members (excludes halogenated alkanes) is 2. The highest BCUT2D eigenvalue weighted by atomic mass is 16.5. The molecule has 0 unspecified atom stereocenters. The van der Waals surface area contributed by atoms with Gasteiger partial charge in [-0.3, -0.25) is 14.4 Å². The summed E-state index contributed by atoms with van der Waals surface area (Å²) >= 11 is 0. The number of ether oxygens (including phenoxy) is 3. The highest BCUT2D eigenvalue weighted by Crippen LogP contribution is 2.16. The van der Waals surface area contributed by atoms with Gasteiger partial charge in [0.15, 0.2) is 0 Å². The quantitative estimate of drug-likeness (QED) is 0.0620. The van der Waals surface area contributed by atoms with E-state index in [2.05, 4.69) is 23.8 Å². The highest BCUT2D eigenvalue weighted by molar-refractivity contribution is 5.86. The molecule has 9 nitrogen and oxygen atoms in total. The van der Waals surface area contributed by atoms with Gasteiger partial charge in [-0.1, -0.05) is 84.9 Å². The first kappa shape index (κ1) is 38.7. The van der Waals surface area contributed by atoms with Crippen molar-refractivity contribution in [3.63, 3.8) is 0 Å². The van der Waals surface area contributed by atoms with Crippen LogP contribution in [0.5, 0.6) is 5.75 Å². The lowest BCUT2D eigenvalue weighted by molar-refractivity contribution is -0.146. The van der Waals surface area contributed by atoms with Crippen LogP contribution in [-0.4, -0.2) is 54.8 Å². The summed E-state index contributed by atoms with van der Waals surface area (Å²) in [5.74, 6) is -1.09. The standard InChI is InChI=1S/C40H50N2O7/c1-3-5-6-13-19-39(45)49-30-36(29-47-27-32-15-9-7-10-16-32)42-40(46)34(14-4-2)25-38(44)41-35(26-43)24-31-20-22-37(23-21-31)48-28-33-17-11-8-12-18-33/h3-4,7-12,15-18,20-23,34-36,43H,1-2,5-6,13-14,19,24-30H2,(H,41,44)(H,42,46)/t34-,35+,36+/m1/s1. The summed E-state index contributed by atoms with van der Waals surface area (Å²) in [5, 5.41) is 15.8. The van der Waals surface area contributed by atoms with Crippen molar-refractivity contribution in [2.75, 3.05) is 19.8 Å². The first-order valence-electron chi connectivity index (χ1n) is 16.9. The van der Waals surface area contributed by atoms with E-state index in [0.717, 1.165) is 35.3 Å². The van der Waals surface area contributed by atoms with E-state index in [1.807, 2.05) is 91.0 Å². The Morgan fingerprint density at radius 3 is 2.06 bits per heavy atom. The number of nitrogens with one attached hydrogen (secondary N) is 2. The second-order valence-corrected chi connectivity index (χ2v) is 11.9. The van der Waals surface area contributed by atoms with E-state index in [1.165, 1.54) is 0 Å². The van der Waals surface area contributed by atoms with E-state index >= 15 is 0 Å². The van der Waals surface area contributed by atoms with Crippen molar-refractivity contribution in [2.45, 2.75) is 70.2 Å². The number of benzene rings is 3. The second-order valence-electron chi connectivity index (χ2n) is 11.9. The number of aliphatic hydroxyl groups excluding tert-OH is 1. The molecule has 3 atom stereocenters. The first-order valence-corrected chi connectivity index (χ1v) is 16.9. The molecular formula is C40H50N2O7. The minimum absolute atomic E-state index is 0.0590. The van der Waals surface area contributed by atoms with Gasteiger partial charge in [-0.15, -0.1) is 13.2 Å². The molecule has 9 heteroatoms. The van der Waals surface area contributed by atoms with Gasteiger partial charge >= 0.3 is 5.97 Å². The molecule has 0 aliphatic rings. The van der Waals surface area contributed by atoms with Crippen molar-refractivity contribution < 1.29 is 33.7 Å². The number of aliphatic hydroxyl groups is 1.